The van der Waals surface area contributed by atoms with Crippen LogP contribution in [0.25, 0.3) is 0 Å². The molecule has 94 valence electrons. The normalized spacial score (nSPS) is 23.5. The fourth-order valence-corrected chi connectivity index (χ4v) is 3.83. The van der Waals surface area contributed by atoms with E-state index in [0.29, 0.717) is 12.3 Å². The lowest BCUT2D eigenvalue weighted by molar-refractivity contribution is 0.480. The van der Waals surface area contributed by atoms with Gasteiger partial charge in [0.15, 0.2) is 9.84 Å². The van der Waals surface area contributed by atoms with Gasteiger partial charge < -0.3 is 5.32 Å². The molecule has 2 rings (SSSR count). The van der Waals surface area contributed by atoms with Crippen LogP contribution in [0.2, 0.25) is 0 Å². The minimum Gasteiger partial charge on any atom is -0.309 e. The zero-order valence-corrected chi connectivity index (χ0v) is 10.8. The van der Waals surface area contributed by atoms with Crippen LogP contribution >= 0.6 is 0 Å². The summed E-state index contributed by atoms with van der Waals surface area (Å²) in [6.07, 6.45) is 5.34. The molecule has 0 aromatic carbocycles. The number of hydrogen-bond acceptors (Lipinski definition) is 4. The summed E-state index contributed by atoms with van der Waals surface area (Å²) in [5, 5.41) is 3.30. The van der Waals surface area contributed by atoms with Crippen LogP contribution in [0, 0.1) is 6.92 Å². The highest BCUT2D eigenvalue weighted by molar-refractivity contribution is 7.91. The van der Waals surface area contributed by atoms with Gasteiger partial charge >= 0.3 is 0 Å². The van der Waals surface area contributed by atoms with Gasteiger partial charge in [-0.05, 0) is 30.9 Å². The molecular weight excluding hydrogens is 236 g/mol. The number of rotatable bonds is 3. The zero-order valence-electron chi connectivity index (χ0n) is 10.0. The van der Waals surface area contributed by atoms with E-state index < -0.39 is 9.84 Å². The predicted molar refractivity (Wildman–Crippen MR) is 67.5 cm³/mol. The summed E-state index contributed by atoms with van der Waals surface area (Å²) in [6.45, 7) is 2.69. The highest BCUT2D eigenvalue weighted by Gasteiger charge is 2.23. The van der Waals surface area contributed by atoms with Gasteiger partial charge in [0.25, 0.3) is 0 Å². The van der Waals surface area contributed by atoms with Crippen LogP contribution in [0.1, 0.15) is 24.0 Å². The Balaban J connectivity index is 1.90. The first-order valence-electron chi connectivity index (χ1n) is 5.89. The summed E-state index contributed by atoms with van der Waals surface area (Å²) in [5.41, 5.74) is 2.23. The Morgan fingerprint density at radius 3 is 3.00 bits per heavy atom. The summed E-state index contributed by atoms with van der Waals surface area (Å²) in [5.74, 6) is 0.615. The Hall–Kier alpha value is -0.940. The van der Waals surface area contributed by atoms with Gasteiger partial charge in [-0.25, -0.2) is 8.42 Å². The minimum atomic E-state index is -2.82. The average molecular weight is 254 g/mol. The number of aromatic nitrogens is 1. The SMILES string of the molecule is Cc1cncc(CNC2CCCS(=O)(=O)C2)c1. The van der Waals surface area contributed by atoms with Gasteiger partial charge in [0.05, 0.1) is 11.5 Å². The zero-order chi connectivity index (χ0) is 12.3. The quantitative estimate of drug-likeness (QED) is 0.876. The Morgan fingerprint density at radius 2 is 2.29 bits per heavy atom. The molecule has 0 saturated carbocycles. The molecule has 1 saturated heterocycles. The summed E-state index contributed by atoms with van der Waals surface area (Å²) in [4.78, 5) is 4.12. The molecule has 0 aliphatic carbocycles. The molecule has 5 heteroatoms. The molecular formula is C12H18N2O2S. The van der Waals surface area contributed by atoms with E-state index in [4.69, 9.17) is 0 Å². The number of pyridine rings is 1. The average Bonchev–Trinajstić information content (AvgIpc) is 2.25. The molecule has 1 atom stereocenters. The molecule has 1 N–H and O–H groups in total. The molecule has 4 nitrogen and oxygen atoms in total. The molecule has 1 aromatic heterocycles. The summed E-state index contributed by atoms with van der Waals surface area (Å²) < 4.78 is 22.9. The van der Waals surface area contributed by atoms with E-state index in [0.717, 1.165) is 24.0 Å². The molecule has 1 aliphatic rings. The van der Waals surface area contributed by atoms with Crippen molar-refractivity contribution in [1.82, 2.24) is 10.3 Å². The third-order valence-electron chi connectivity index (χ3n) is 2.99. The van der Waals surface area contributed by atoms with Gasteiger partial charge in [0, 0.05) is 25.0 Å². The molecule has 17 heavy (non-hydrogen) atoms. The third-order valence-corrected chi connectivity index (χ3v) is 4.81. The number of aryl methyl sites for hydroxylation is 1. The molecule has 0 spiro atoms. The van der Waals surface area contributed by atoms with Crippen LogP contribution in [0.5, 0.6) is 0 Å². The molecule has 2 heterocycles. The molecule has 0 radical (unpaired) electrons. The summed E-state index contributed by atoms with van der Waals surface area (Å²) in [6, 6.07) is 2.16. The van der Waals surface area contributed by atoms with Crippen LogP contribution in [0.4, 0.5) is 0 Å². The number of nitrogens with one attached hydrogen (secondary N) is 1. The van der Waals surface area contributed by atoms with Crippen molar-refractivity contribution in [2.75, 3.05) is 11.5 Å². The largest absolute Gasteiger partial charge is 0.309 e. The lowest BCUT2D eigenvalue weighted by Gasteiger charge is -2.23. The number of hydrogen-bond donors (Lipinski definition) is 1. The maximum atomic E-state index is 11.5. The molecule has 0 amide bonds. The van der Waals surface area contributed by atoms with Crippen molar-refractivity contribution in [3.05, 3.63) is 29.6 Å². The van der Waals surface area contributed by atoms with Crippen molar-refractivity contribution in [3.63, 3.8) is 0 Å². The maximum Gasteiger partial charge on any atom is 0.151 e. The van der Waals surface area contributed by atoms with Crippen molar-refractivity contribution in [2.24, 2.45) is 0 Å². The van der Waals surface area contributed by atoms with Crippen molar-refractivity contribution in [2.45, 2.75) is 32.4 Å². The first-order valence-corrected chi connectivity index (χ1v) is 7.72. The Morgan fingerprint density at radius 1 is 1.47 bits per heavy atom. The van der Waals surface area contributed by atoms with Gasteiger partial charge in [0.1, 0.15) is 0 Å². The van der Waals surface area contributed by atoms with Crippen LogP contribution in [-0.4, -0.2) is 30.9 Å². The Bertz CT molecular complexity index is 485. The van der Waals surface area contributed by atoms with Crippen LogP contribution in [0.15, 0.2) is 18.5 Å². The second-order valence-corrected chi connectivity index (χ2v) is 6.93. The number of nitrogens with zero attached hydrogens (tertiary/aromatic N) is 1. The van der Waals surface area contributed by atoms with E-state index in [9.17, 15) is 8.42 Å². The second kappa shape index (κ2) is 5.14. The van der Waals surface area contributed by atoms with E-state index in [-0.39, 0.29) is 11.8 Å². The van der Waals surface area contributed by atoms with Crippen molar-refractivity contribution >= 4 is 9.84 Å². The molecule has 1 aromatic rings. The summed E-state index contributed by atoms with van der Waals surface area (Å²) in [7, 11) is -2.82. The Kier molecular flexibility index (Phi) is 3.79. The topological polar surface area (TPSA) is 59.1 Å². The second-order valence-electron chi connectivity index (χ2n) is 4.70. The van der Waals surface area contributed by atoms with Crippen molar-refractivity contribution in [1.29, 1.82) is 0 Å². The van der Waals surface area contributed by atoms with E-state index in [2.05, 4.69) is 16.4 Å². The lowest BCUT2D eigenvalue weighted by Crippen LogP contribution is -2.39. The van der Waals surface area contributed by atoms with E-state index >= 15 is 0 Å². The minimum absolute atomic E-state index is 0.0919. The summed E-state index contributed by atoms with van der Waals surface area (Å²) >= 11 is 0. The van der Waals surface area contributed by atoms with Crippen LogP contribution in [-0.2, 0) is 16.4 Å². The highest BCUT2D eigenvalue weighted by Crippen LogP contribution is 2.12. The van der Waals surface area contributed by atoms with Gasteiger partial charge in [-0.15, -0.1) is 0 Å². The molecule has 1 unspecified atom stereocenters. The maximum absolute atomic E-state index is 11.5. The number of sulfone groups is 1. The van der Waals surface area contributed by atoms with Gasteiger partial charge in [0.2, 0.25) is 0 Å². The first kappa shape index (κ1) is 12.5. The van der Waals surface area contributed by atoms with Gasteiger partial charge in [-0.3, -0.25) is 4.98 Å². The van der Waals surface area contributed by atoms with Crippen molar-refractivity contribution in [3.8, 4) is 0 Å². The van der Waals surface area contributed by atoms with E-state index in [1.165, 1.54) is 0 Å². The fourth-order valence-electron chi connectivity index (χ4n) is 2.16. The van der Waals surface area contributed by atoms with Crippen molar-refractivity contribution < 1.29 is 8.42 Å². The smallest absolute Gasteiger partial charge is 0.151 e. The monoisotopic (exact) mass is 254 g/mol. The Labute approximate surface area is 102 Å². The van der Waals surface area contributed by atoms with E-state index in [1.807, 2.05) is 19.3 Å². The molecule has 0 bridgehead atoms. The van der Waals surface area contributed by atoms with E-state index in [1.54, 1.807) is 0 Å². The predicted octanol–water partition coefficient (Wildman–Crippen LogP) is 1.06. The third kappa shape index (κ3) is 3.78. The standard InChI is InChI=1S/C12H18N2O2S/c1-10-5-11(7-13-6-10)8-14-12-3-2-4-17(15,16)9-12/h5-7,12,14H,2-4,8-9H2,1H3. The molecule has 1 fully saturated rings. The molecule has 1 aliphatic heterocycles. The lowest BCUT2D eigenvalue weighted by atomic mass is 10.1. The first-order chi connectivity index (χ1) is 8.05. The fraction of sp³-hybridized carbons (Fsp3) is 0.583. The van der Waals surface area contributed by atoms with Crippen LogP contribution in [0.3, 0.4) is 0 Å². The van der Waals surface area contributed by atoms with Gasteiger partial charge in [-0.2, -0.15) is 0 Å². The highest BCUT2D eigenvalue weighted by atomic mass is 32.2. The van der Waals surface area contributed by atoms with Gasteiger partial charge in [-0.1, -0.05) is 6.07 Å². The van der Waals surface area contributed by atoms with Crippen LogP contribution < -0.4 is 5.32 Å².